The molecule has 2 rings (SSSR count). The van der Waals surface area contributed by atoms with Crippen LogP contribution in [0, 0.1) is 0 Å². The molecule has 0 aromatic heterocycles. The van der Waals surface area contributed by atoms with E-state index in [-0.39, 0.29) is 6.42 Å². The minimum Gasteiger partial charge on any atom is -0.481 e. The molecular weight excluding hydrogens is 233 g/mol. The van der Waals surface area contributed by atoms with Crippen molar-refractivity contribution < 1.29 is 23.1 Å². The molecule has 0 radical (unpaired) electrons. The fourth-order valence-corrected chi connectivity index (χ4v) is 2.51. The maximum Gasteiger partial charge on any atom is 0.390 e. The van der Waals surface area contributed by atoms with E-state index in [0.717, 1.165) is 0 Å². The molecule has 5 heteroatoms. The average molecular weight is 244 g/mol. The largest absolute Gasteiger partial charge is 0.481 e. The second-order valence-corrected chi connectivity index (χ2v) is 4.34. The molecule has 1 unspecified atom stereocenters. The van der Waals surface area contributed by atoms with Gasteiger partial charge in [0, 0.05) is 0 Å². The summed E-state index contributed by atoms with van der Waals surface area (Å²) in [5.41, 5.74) is -0.779. The summed E-state index contributed by atoms with van der Waals surface area (Å²) in [6.45, 7) is 0. The number of carboxylic acid groups (broad SMARTS) is 1. The summed E-state index contributed by atoms with van der Waals surface area (Å²) >= 11 is 0. The van der Waals surface area contributed by atoms with E-state index < -0.39 is 24.0 Å². The number of fused-ring (bicyclic) bond motifs is 1. The third-order valence-electron chi connectivity index (χ3n) is 3.27. The highest BCUT2D eigenvalue weighted by Gasteiger charge is 2.52. The van der Waals surface area contributed by atoms with Crippen molar-refractivity contribution in [1.29, 1.82) is 0 Å². The maximum atomic E-state index is 12.5. The lowest BCUT2D eigenvalue weighted by molar-refractivity contribution is -0.168. The predicted octanol–water partition coefficient (Wildman–Crippen LogP) is 2.91. The van der Waals surface area contributed by atoms with Crippen molar-refractivity contribution >= 4 is 5.97 Å². The molecule has 1 aliphatic carbocycles. The number of carbonyl (C=O) groups is 1. The van der Waals surface area contributed by atoms with E-state index in [2.05, 4.69) is 0 Å². The SMILES string of the molecule is O=C(O)C1(CC(F)(F)F)CCc2ccccc21. The minimum atomic E-state index is -4.48. The summed E-state index contributed by atoms with van der Waals surface area (Å²) in [6.07, 6.45) is -5.37. The van der Waals surface area contributed by atoms with Gasteiger partial charge in [0.1, 0.15) is 5.41 Å². The molecule has 1 N–H and O–H groups in total. The van der Waals surface area contributed by atoms with Crippen LogP contribution in [-0.2, 0) is 16.6 Å². The van der Waals surface area contributed by atoms with Crippen LogP contribution >= 0.6 is 0 Å². The van der Waals surface area contributed by atoms with Gasteiger partial charge in [-0.15, -0.1) is 0 Å². The smallest absolute Gasteiger partial charge is 0.390 e. The quantitative estimate of drug-likeness (QED) is 0.868. The molecule has 0 fully saturated rings. The van der Waals surface area contributed by atoms with Crippen LogP contribution in [0.1, 0.15) is 24.0 Å². The molecule has 1 aromatic carbocycles. The van der Waals surface area contributed by atoms with Gasteiger partial charge >= 0.3 is 12.1 Å². The fourth-order valence-electron chi connectivity index (χ4n) is 2.51. The van der Waals surface area contributed by atoms with Crippen molar-refractivity contribution in [3.05, 3.63) is 35.4 Å². The molecule has 1 aromatic rings. The van der Waals surface area contributed by atoms with E-state index in [1.54, 1.807) is 18.2 Å². The minimum absolute atomic E-state index is 0.0151. The Morgan fingerprint density at radius 3 is 2.59 bits per heavy atom. The Bertz CT molecular complexity index is 453. The second kappa shape index (κ2) is 3.75. The number of aliphatic carboxylic acids is 1. The van der Waals surface area contributed by atoms with Gasteiger partial charge in [0.15, 0.2) is 0 Å². The van der Waals surface area contributed by atoms with Crippen LogP contribution in [0.25, 0.3) is 0 Å². The number of alkyl halides is 3. The number of hydrogen-bond acceptors (Lipinski definition) is 1. The molecule has 0 bridgehead atoms. The number of rotatable bonds is 2. The standard InChI is InChI=1S/C12H11F3O2/c13-12(14,15)7-11(10(16)17)6-5-8-3-1-2-4-9(8)11/h1-4H,5-7H2,(H,16,17). The van der Waals surface area contributed by atoms with Crippen LogP contribution in [0.5, 0.6) is 0 Å². The first-order valence-corrected chi connectivity index (χ1v) is 5.24. The highest BCUT2D eigenvalue weighted by molar-refractivity contribution is 5.83. The van der Waals surface area contributed by atoms with Crippen LogP contribution < -0.4 is 0 Å². The van der Waals surface area contributed by atoms with Crippen molar-refractivity contribution in [3.8, 4) is 0 Å². The zero-order valence-electron chi connectivity index (χ0n) is 8.92. The highest BCUT2D eigenvalue weighted by Crippen LogP contribution is 2.46. The number of benzene rings is 1. The maximum absolute atomic E-state index is 12.5. The summed E-state index contributed by atoms with van der Waals surface area (Å²) in [7, 11) is 0. The molecule has 0 aliphatic heterocycles. The van der Waals surface area contributed by atoms with Crippen molar-refractivity contribution in [2.24, 2.45) is 0 Å². The van der Waals surface area contributed by atoms with Crippen molar-refractivity contribution in [2.45, 2.75) is 30.9 Å². The topological polar surface area (TPSA) is 37.3 Å². The first kappa shape index (κ1) is 12.0. The number of carboxylic acids is 1. The molecule has 92 valence electrons. The van der Waals surface area contributed by atoms with E-state index in [1.165, 1.54) is 6.07 Å². The van der Waals surface area contributed by atoms with Crippen LogP contribution in [-0.4, -0.2) is 17.3 Å². The Kier molecular flexibility index (Phi) is 2.64. The Balaban J connectivity index is 2.49. The predicted molar refractivity (Wildman–Crippen MR) is 54.7 cm³/mol. The number of hydrogen-bond donors (Lipinski definition) is 1. The van der Waals surface area contributed by atoms with E-state index in [4.69, 9.17) is 0 Å². The number of aryl methyl sites for hydroxylation is 1. The molecule has 0 amide bonds. The van der Waals surface area contributed by atoms with Gasteiger partial charge in [-0.05, 0) is 24.0 Å². The monoisotopic (exact) mass is 244 g/mol. The summed E-state index contributed by atoms with van der Waals surface area (Å²) in [6, 6.07) is 6.47. The molecule has 17 heavy (non-hydrogen) atoms. The van der Waals surface area contributed by atoms with Gasteiger partial charge in [-0.25, -0.2) is 0 Å². The third kappa shape index (κ3) is 2.01. The van der Waals surface area contributed by atoms with Crippen LogP contribution in [0.3, 0.4) is 0 Å². The normalized spacial score (nSPS) is 23.5. The van der Waals surface area contributed by atoms with Gasteiger partial charge in [0.05, 0.1) is 6.42 Å². The lowest BCUT2D eigenvalue weighted by Crippen LogP contribution is -2.38. The fraction of sp³-hybridized carbons (Fsp3) is 0.417. The van der Waals surface area contributed by atoms with Gasteiger partial charge in [-0.3, -0.25) is 4.79 Å². The molecule has 2 nitrogen and oxygen atoms in total. The lowest BCUT2D eigenvalue weighted by atomic mass is 9.78. The van der Waals surface area contributed by atoms with Crippen molar-refractivity contribution in [1.82, 2.24) is 0 Å². The van der Waals surface area contributed by atoms with Crippen molar-refractivity contribution in [3.63, 3.8) is 0 Å². The van der Waals surface area contributed by atoms with Crippen LogP contribution in [0.2, 0.25) is 0 Å². The van der Waals surface area contributed by atoms with E-state index in [9.17, 15) is 23.1 Å². The summed E-state index contributed by atoms with van der Waals surface area (Å²) < 4.78 is 37.6. The zero-order valence-corrected chi connectivity index (χ0v) is 8.92. The van der Waals surface area contributed by atoms with Gasteiger partial charge in [0.25, 0.3) is 0 Å². The lowest BCUT2D eigenvalue weighted by Gasteiger charge is -2.26. The number of halogens is 3. The van der Waals surface area contributed by atoms with Gasteiger partial charge in [-0.2, -0.15) is 13.2 Å². The molecule has 0 heterocycles. The zero-order chi connectivity index (χ0) is 12.7. The molecular formula is C12H11F3O2. The van der Waals surface area contributed by atoms with Crippen LogP contribution in [0.4, 0.5) is 13.2 Å². The Labute approximate surface area is 96.1 Å². The van der Waals surface area contributed by atoms with Crippen LogP contribution in [0.15, 0.2) is 24.3 Å². The van der Waals surface area contributed by atoms with Gasteiger partial charge in [-0.1, -0.05) is 24.3 Å². The second-order valence-electron chi connectivity index (χ2n) is 4.34. The summed E-state index contributed by atoms with van der Waals surface area (Å²) in [5, 5.41) is 9.17. The molecule has 0 saturated heterocycles. The summed E-state index contributed by atoms with van der Waals surface area (Å²) in [4.78, 5) is 11.3. The third-order valence-corrected chi connectivity index (χ3v) is 3.27. The first-order chi connectivity index (χ1) is 7.85. The Morgan fingerprint density at radius 1 is 1.35 bits per heavy atom. The summed E-state index contributed by atoms with van der Waals surface area (Å²) in [5.74, 6) is -1.39. The Morgan fingerprint density at radius 2 is 2.00 bits per heavy atom. The Hall–Kier alpha value is -1.52. The van der Waals surface area contributed by atoms with E-state index >= 15 is 0 Å². The van der Waals surface area contributed by atoms with Gasteiger partial charge in [0.2, 0.25) is 0 Å². The van der Waals surface area contributed by atoms with E-state index in [0.29, 0.717) is 17.5 Å². The van der Waals surface area contributed by atoms with Gasteiger partial charge < -0.3 is 5.11 Å². The van der Waals surface area contributed by atoms with E-state index in [1.807, 2.05) is 0 Å². The van der Waals surface area contributed by atoms with Crippen molar-refractivity contribution in [2.75, 3.05) is 0 Å². The first-order valence-electron chi connectivity index (χ1n) is 5.24. The molecule has 1 aliphatic rings. The molecule has 1 atom stereocenters. The average Bonchev–Trinajstić information content (AvgIpc) is 2.57. The molecule has 0 spiro atoms. The molecule has 0 saturated carbocycles. The highest BCUT2D eigenvalue weighted by atomic mass is 19.4.